The topological polar surface area (TPSA) is 43.4 Å². The van der Waals surface area contributed by atoms with E-state index in [9.17, 15) is 0 Å². The van der Waals surface area contributed by atoms with Gasteiger partial charge in [-0.25, -0.2) is 4.99 Å². The number of methoxy groups -OCH3 is 1. The largest absolute Gasteiger partial charge is 0.468 e. The average molecular weight is 303 g/mol. The molecule has 0 aromatic heterocycles. The normalized spacial score (nSPS) is 32.5. The van der Waals surface area contributed by atoms with Gasteiger partial charge in [0.05, 0.1) is 6.61 Å². The molecule has 0 aliphatic carbocycles. The van der Waals surface area contributed by atoms with E-state index < -0.39 is 5.60 Å². The Morgan fingerprint density at radius 1 is 1.18 bits per heavy atom. The van der Waals surface area contributed by atoms with Crippen molar-refractivity contribution in [3.63, 3.8) is 0 Å². The fraction of sp³-hybridized carbons (Fsp3) is 0.611. The maximum Gasteiger partial charge on any atom is 0.220 e. The van der Waals surface area contributed by atoms with Crippen LogP contribution < -0.4 is 0 Å². The third kappa shape index (κ3) is 2.25. The summed E-state index contributed by atoms with van der Waals surface area (Å²) < 4.78 is 17.7. The van der Waals surface area contributed by atoms with Crippen LogP contribution in [0.1, 0.15) is 45.3 Å². The molecule has 120 valence electrons. The van der Waals surface area contributed by atoms with Crippen LogP contribution in [0.2, 0.25) is 0 Å². The zero-order valence-corrected chi connectivity index (χ0v) is 13.8. The summed E-state index contributed by atoms with van der Waals surface area (Å²) in [5.41, 5.74) is 0.604. The molecule has 2 aliphatic rings. The zero-order chi connectivity index (χ0) is 15.8. The number of nitrogens with zero attached hydrogens (tertiary/aromatic N) is 1. The predicted octanol–water partition coefficient (Wildman–Crippen LogP) is 3.52. The average Bonchev–Trinajstić information content (AvgIpc) is 2.95. The molecule has 1 aromatic rings. The molecule has 0 N–H and O–H groups in total. The molecule has 2 heterocycles. The molecule has 1 saturated heterocycles. The van der Waals surface area contributed by atoms with Crippen molar-refractivity contribution in [2.75, 3.05) is 13.7 Å². The minimum absolute atomic E-state index is 0.0187. The van der Waals surface area contributed by atoms with Crippen LogP contribution >= 0.6 is 0 Å². The van der Waals surface area contributed by atoms with Gasteiger partial charge in [0.15, 0.2) is 5.60 Å². The maximum atomic E-state index is 6.24. The first kappa shape index (κ1) is 15.5. The van der Waals surface area contributed by atoms with Gasteiger partial charge in [-0.05, 0) is 25.3 Å². The Balaban J connectivity index is 1.85. The monoisotopic (exact) mass is 303 g/mol. The molecule has 0 radical (unpaired) electrons. The minimum atomic E-state index is -0.397. The Labute approximate surface area is 132 Å². The molecule has 4 heteroatoms. The number of aliphatic imine (C=N–C) groups is 1. The van der Waals surface area contributed by atoms with E-state index in [1.807, 2.05) is 18.2 Å². The minimum Gasteiger partial charge on any atom is -0.468 e. The summed E-state index contributed by atoms with van der Waals surface area (Å²) >= 11 is 0. The summed E-state index contributed by atoms with van der Waals surface area (Å²) in [5.74, 6) is 0.729. The van der Waals surface area contributed by atoms with E-state index in [4.69, 9.17) is 19.2 Å². The lowest BCUT2D eigenvalue weighted by atomic mass is 9.89. The molecule has 0 bridgehead atoms. The van der Waals surface area contributed by atoms with Crippen molar-refractivity contribution in [3.8, 4) is 0 Å². The van der Waals surface area contributed by atoms with Gasteiger partial charge in [-0.3, -0.25) is 0 Å². The first-order valence-electron chi connectivity index (χ1n) is 8.09. The molecule has 3 rings (SSSR count). The van der Waals surface area contributed by atoms with Crippen molar-refractivity contribution in [2.45, 2.75) is 57.0 Å². The van der Waals surface area contributed by atoms with Gasteiger partial charge >= 0.3 is 0 Å². The third-order valence-electron chi connectivity index (χ3n) is 5.11. The fourth-order valence-corrected chi connectivity index (χ4v) is 3.58. The molecule has 1 unspecified atom stereocenters. The van der Waals surface area contributed by atoms with Crippen molar-refractivity contribution >= 4 is 5.90 Å². The second-order valence-corrected chi connectivity index (χ2v) is 6.24. The number of epoxide rings is 1. The molecule has 1 fully saturated rings. The molecule has 0 spiro atoms. The molecular weight excluding hydrogens is 278 g/mol. The van der Waals surface area contributed by atoms with Crippen molar-refractivity contribution in [1.29, 1.82) is 0 Å². The van der Waals surface area contributed by atoms with Crippen molar-refractivity contribution in [2.24, 2.45) is 4.99 Å². The highest BCUT2D eigenvalue weighted by Crippen LogP contribution is 2.55. The summed E-state index contributed by atoms with van der Waals surface area (Å²) in [6.45, 7) is 6.96. The standard InChI is InChI=1S/C18H25NO3/c1-5-18(6-2)17(3,22-18)16-19-14(12-20-4)15(21-16)13-10-8-7-9-11-13/h7-11,14-15H,5-6,12H2,1-4H3/t14-,15-,17?/m0/s1. The van der Waals surface area contributed by atoms with Gasteiger partial charge in [-0.2, -0.15) is 0 Å². The Morgan fingerprint density at radius 3 is 2.41 bits per heavy atom. The fourth-order valence-electron chi connectivity index (χ4n) is 3.58. The highest BCUT2D eigenvalue weighted by atomic mass is 16.7. The van der Waals surface area contributed by atoms with Crippen LogP contribution in [0.25, 0.3) is 0 Å². The molecular formula is C18H25NO3. The second kappa shape index (κ2) is 5.67. The summed E-state index contributed by atoms with van der Waals surface area (Å²) in [6, 6.07) is 10.2. The SMILES string of the molecule is CCC1(CC)OC1(C)C1=N[C@@H](COC)[C@H](c2ccccc2)O1. The van der Waals surface area contributed by atoms with Gasteiger partial charge in [0, 0.05) is 7.11 Å². The number of ether oxygens (including phenoxy) is 3. The van der Waals surface area contributed by atoms with Crippen LogP contribution in [-0.4, -0.2) is 36.9 Å². The highest BCUT2D eigenvalue weighted by molar-refractivity contribution is 5.91. The Morgan fingerprint density at radius 2 is 1.86 bits per heavy atom. The third-order valence-corrected chi connectivity index (χ3v) is 5.11. The van der Waals surface area contributed by atoms with E-state index in [1.165, 1.54) is 0 Å². The number of rotatable bonds is 6. The molecule has 0 saturated carbocycles. The molecule has 4 nitrogen and oxygen atoms in total. The van der Waals surface area contributed by atoms with Gasteiger partial charge in [0.2, 0.25) is 5.90 Å². The van der Waals surface area contributed by atoms with E-state index in [0.29, 0.717) is 6.61 Å². The maximum absolute atomic E-state index is 6.24. The first-order chi connectivity index (χ1) is 10.6. The Bertz CT molecular complexity index is 553. The van der Waals surface area contributed by atoms with E-state index in [1.54, 1.807) is 7.11 Å². The van der Waals surface area contributed by atoms with Gasteiger partial charge in [0.25, 0.3) is 0 Å². The highest BCUT2D eigenvalue weighted by Gasteiger charge is 2.70. The molecule has 3 atom stereocenters. The van der Waals surface area contributed by atoms with Crippen LogP contribution in [0.3, 0.4) is 0 Å². The van der Waals surface area contributed by atoms with E-state index in [-0.39, 0.29) is 17.7 Å². The van der Waals surface area contributed by atoms with Gasteiger partial charge in [-0.1, -0.05) is 44.2 Å². The van der Waals surface area contributed by atoms with E-state index in [2.05, 4.69) is 32.9 Å². The van der Waals surface area contributed by atoms with Crippen molar-refractivity contribution in [1.82, 2.24) is 0 Å². The van der Waals surface area contributed by atoms with Crippen LogP contribution in [0, 0.1) is 0 Å². The summed E-state index contributed by atoms with van der Waals surface area (Å²) in [6.07, 6.45) is 1.84. The molecule has 1 aromatic carbocycles. The first-order valence-corrected chi connectivity index (χ1v) is 8.09. The van der Waals surface area contributed by atoms with Crippen molar-refractivity contribution < 1.29 is 14.2 Å². The predicted molar refractivity (Wildman–Crippen MR) is 86.2 cm³/mol. The Hall–Kier alpha value is -1.39. The quantitative estimate of drug-likeness (QED) is 0.755. The van der Waals surface area contributed by atoms with Crippen molar-refractivity contribution in [3.05, 3.63) is 35.9 Å². The van der Waals surface area contributed by atoms with Crippen LogP contribution in [0.4, 0.5) is 0 Å². The van der Waals surface area contributed by atoms with Gasteiger partial charge in [0.1, 0.15) is 17.7 Å². The number of benzene rings is 1. The molecule has 22 heavy (non-hydrogen) atoms. The lowest BCUT2D eigenvalue weighted by Crippen LogP contribution is -2.31. The van der Waals surface area contributed by atoms with E-state index >= 15 is 0 Å². The summed E-state index contributed by atoms with van der Waals surface area (Å²) in [7, 11) is 1.70. The van der Waals surface area contributed by atoms with Gasteiger partial charge in [-0.15, -0.1) is 0 Å². The number of hydrogen-bond donors (Lipinski definition) is 0. The van der Waals surface area contributed by atoms with Gasteiger partial charge < -0.3 is 14.2 Å². The van der Waals surface area contributed by atoms with Crippen LogP contribution in [0.5, 0.6) is 0 Å². The zero-order valence-electron chi connectivity index (χ0n) is 13.8. The van der Waals surface area contributed by atoms with Crippen LogP contribution in [0.15, 0.2) is 35.3 Å². The second-order valence-electron chi connectivity index (χ2n) is 6.24. The molecule has 0 amide bonds. The lowest BCUT2D eigenvalue weighted by Gasteiger charge is -2.19. The van der Waals surface area contributed by atoms with Crippen LogP contribution in [-0.2, 0) is 14.2 Å². The smallest absolute Gasteiger partial charge is 0.220 e. The molecule has 2 aliphatic heterocycles. The summed E-state index contributed by atoms with van der Waals surface area (Å²) in [5, 5.41) is 0. The number of hydrogen-bond acceptors (Lipinski definition) is 4. The Kier molecular flexibility index (Phi) is 4.00. The van der Waals surface area contributed by atoms with E-state index in [0.717, 1.165) is 24.3 Å². The lowest BCUT2D eigenvalue weighted by molar-refractivity contribution is 0.115. The summed E-state index contributed by atoms with van der Waals surface area (Å²) in [4.78, 5) is 4.80.